The first-order valence-corrected chi connectivity index (χ1v) is 48.9. The van der Waals surface area contributed by atoms with E-state index in [2.05, 4.69) is 178 Å². The number of benzene rings is 8. The van der Waals surface area contributed by atoms with Crippen LogP contribution in [0.1, 0.15) is 93.4 Å². The largest absolute Gasteiger partial charge is 0.491 e. The van der Waals surface area contributed by atoms with Crippen LogP contribution in [0, 0.1) is 23.3 Å². The molecule has 20 aromatic rings. The van der Waals surface area contributed by atoms with Gasteiger partial charge in [-0.25, -0.2) is 87.3 Å². The van der Waals surface area contributed by atoms with Crippen LogP contribution >= 0.6 is 55.1 Å². The monoisotopic (exact) mass is 2050 g/mol. The normalized spacial score (nSPS) is 14.9. The minimum atomic E-state index is -0.304. The number of aryl methyl sites for hydroxylation is 4. The van der Waals surface area contributed by atoms with Gasteiger partial charge in [-0.05, 0) is 235 Å². The number of fused-ring (bicyclic) bond motifs is 8. The number of nitrogen functional groups attached to an aromatic ring is 2. The van der Waals surface area contributed by atoms with Crippen molar-refractivity contribution >= 4 is 122 Å². The Bertz CT molecular complexity index is 8030. The number of hydrogen-bond acceptors (Lipinski definition) is 20. The van der Waals surface area contributed by atoms with Gasteiger partial charge in [0.15, 0.2) is 0 Å². The lowest BCUT2D eigenvalue weighted by Gasteiger charge is -2.19. The zero-order valence-electron chi connectivity index (χ0n) is 76.3. The summed E-state index contributed by atoms with van der Waals surface area (Å²) in [6.07, 6.45) is 19.1. The molecule has 0 bridgehead atoms. The third kappa shape index (κ3) is 19.1. The molecular weight excluding hydrogens is 1960 g/mol. The standard InChI is InChI=1S/C28H26BrFN6.C27H24BrFN6.2C26H20ClFN6O/c1-2-14-31-28-32-15-12-23(33-28)27-25(18-6-8-20(30)9-7-18)34-24-11-10-21(36(24)27)17-35-16-13-19-4-3-5-22(29)26(19)35;1-2-30-27-31-14-12-22(32-27)26-24(17-6-8-19(29)9-7-17)33-23-11-10-20(35(23)26)16-34-15-13-18-4-3-5-21(28)25(18)34;27-19-13-23(31-20-4-2-1-3-18(19)20)35-14-17-9-10-22-33-24(15-5-7-16(28)8-6-15)25(34(17)22)21-11-12-30-26(29)32-21;27-22-13-21(18-3-1-2-4-19(18)31-22)35-14-17-9-10-23-33-24(15-5-7-16(28)8-6-15)25(34(17)23)20-11-12-30-26(29)32-20/h3-9,12-13,15-16,21H,2,10-11,14,17H2,1H3,(H,31,32,33);3-9,12-15,20H,2,10-11,16H2,1H3,(H,30,31,32);2*1-8,11-13,17H,9-10,14H2,(H2,29,30,32). The molecule has 4 unspecified atom stereocenters. The highest BCUT2D eigenvalue weighted by atomic mass is 79.9. The molecule has 24 rings (SSSR count). The summed E-state index contributed by atoms with van der Waals surface area (Å²) in [6, 6.07) is 69.3. The Kier molecular flexibility index (Phi) is 26.4. The number of imidazole rings is 4. The molecule has 0 aliphatic carbocycles. The average molecular weight is 2050 g/mol. The Labute approximate surface area is 833 Å². The summed E-state index contributed by atoms with van der Waals surface area (Å²) in [5.74, 6) is 5.44. The highest BCUT2D eigenvalue weighted by Gasteiger charge is 2.37. The van der Waals surface area contributed by atoms with E-state index in [4.69, 9.17) is 74.0 Å². The summed E-state index contributed by atoms with van der Waals surface area (Å²) < 4.78 is 82.8. The zero-order chi connectivity index (χ0) is 96.5. The number of anilines is 4. The van der Waals surface area contributed by atoms with Crippen LogP contribution in [0.15, 0.2) is 277 Å². The molecule has 8 aromatic carbocycles. The van der Waals surface area contributed by atoms with Gasteiger partial charge in [0.1, 0.15) is 70.7 Å². The Hall–Kier alpha value is -15.1. The van der Waals surface area contributed by atoms with E-state index in [1.165, 1.54) is 70.3 Å². The number of rotatable bonds is 23. The van der Waals surface area contributed by atoms with Crippen LogP contribution in [-0.2, 0) is 38.8 Å². The number of halogens is 8. The second kappa shape index (κ2) is 40.4. The zero-order valence-corrected chi connectivity index (χ0v) is 80.9. The maximum absolute atomic E-state index is 13.7. The van der Waals surface area contributed by atoms with Gasteiger partial charge in [0.2, 0.25) is 29.7 Å². The quantitative estimate of drug-likeness (QED) is 0.0342. The smallest absolute Gasteiger partial charge is 0.223 e. The van der Waals surface area contributed by atoms with Crippen LogP contribution in [0.25, 0.3) is 134 Å². The predicted molar refractivity (Wildman–Crippen MR) is 550 cm³/mol. The lowest BCUT2D eigenvalue weighted by atomic mass is 10.1. The van der Waals surface area contributed by atoms with E-state index in [0.717, 1.165) is 217 Å². The van der Waals surface area contributed by atoms with Crippen molar-refractivity contribution in [1.29, 1.82) is 0 Å². The molecule has 141 heavy (non-hydrogen) atoms. The molecule has 12 aromatic heterocycles. The maximum Gasteiger partial charge on any atom is 0.223 e. The van der Waals surface area contributed by atoms with E-state index in [1.54, 1.807) is 97.6 Å². The van der Waals surface area contributed by atoms with Crippen molar-refractivity contribution < 1.29 is 27.0 Å². The molecule has 26 nitrogen and oxygen atoms in total. The number of nitrogens with one attached hydrogen (secondary N) is 2. The highest BCUT2D eigenvalue weighted by molar-refractivity contribution is 9.11. The van der Waals surface area contributed by atoms with Crippen molar-refractivity contribution in [1.82, 2.24) is 97.2 Å². The second-order valence-electron chi connectivity index (χ2n) is 34.6. The molecule has 0 fully saturated rings. The van der Waals surface area contributed by atoms with Gasteiger partial charge in [0, 0.05) is 154 Å². The summed E-state index contributed by atoms with van der Waals surface area (Å²) in [7, 11) is 0. The lowest BCUT2D eigenvalue weighted by molar-refractivity contribution is 0.248. The van der Waals surface area contributed by atoms with Gasteiger partial charge >= 0.3 is 0 Å². The fraction of sp³-hybridized carbons (Fsp3) is 0.196. The number of pyridine rings is 2. The van der Waals surface area contributed by atoms with Gasteiger partial charge in [0.05, 0.1) is 120 Å². The third-order valence-corrected chi connectivity index (χ3v) is 27.4. The van der Waals surface area contributed by atoms with E-state index in [1.807, 2.05) is 67.6 Å². The maximum atomic E-state index is 13.7. The summed E-state index contributed by atoms with van der Waals surface area (Å²) in [6.45, 7) is 8.08. The summed E-state index contributed by atoms with van der Waals surface area (Å²) >= 11 is 20.2. The van der Waals surface area contributed by atoms with Crippen molar-refractivity contribution in [3.8, 4) is 102 Å². The minimum Gasteiger partial charge on any atom is -0.491 e. The van der Waals surface area contributed by atoms with Gasteiger partial charge in [-0.1, -0.05) is 84.7 Å². The molecule has 0 saturated carbocycles. The van der Waals surface area contributed by atoms with E-state index >= 15 is 0 Å². The Balaban J connectivity index is 0.000000111. The number of hydrogen-bond donors (Lipinski definition) is 4. The number of ether oxygens (including phenoxy) is 2. The fourth-order valence-corrected chi connectivity index (χ4v) is 21.0. The Morgan fingerprint density at radius 2 is 0.773 bits per heavy atom. The van der Waals surface area contributed by atoms with Crippen molar-refractivity contribution in [2.24, 2.45) is 0 Å². The highest BCUT2D eigenvalue weighted by Crippen LogP contribution is 2.47. The van der Waals surface area contributed by atoms with Crippen molar-refractivity contribution in [3.05, 3.63) is 333 Å². The second-order valence-corrected chi connectivity index (χ2v) is 37.1. The Morgan fingerprint density at radius 1 is 0.390 bits per heavy atom. The van der Waals surface area contributed by atoms with Gasteiger partial charge in [-0.15, -0.1) is 0 Å². The van der Waals surface area contributed by atoms with E-state index in [0.29, 0.717) is 58.3 Å². The molecule has 0 amide bonds. The molecule has 706 valence electrons. The topological polar surface area (TPSA) is 305 Å². The molecule has 4 atom stereocenters. The summed E-state index contributed by atoms with van der Waals surface area (Å²) in [5.41, 5.74) is 28.6. The molecule has 4 aliphatic rings. The first-order chi connectivity index (χ1) is 68.9. The van der Waals surface area contributed by atoms with Crippen LogP contribution < -0.4 is 31.6 Å². The number of para-hydroxylation sites is 4. The number of nitrogens with two attached hydrogens (primary N) is 2. The van der Waals surface area contributed by atoms with Crippen molar-refractivity contribution in [3.63, 3.8) is 0 Å². The molecule has 0 saturated heterocycles. The van der Waals surface area contributed by atoms with Crippen molar-refractivity contribution in [2.45, 2.75) is 109 Å². The van der Waals surface area contributed by atoms with Crippen LogP contribution in [0.5, 0.6) is 11.6 Å². The molecular formula is C107H90Br2Cl2F4N24O2. The molecule has 0 radical (unpaired) electrons. The molecule has 0 spiro atoms. The predicted octanol–water partition coefficient (Wildman–Crippen LogP) is 24.3. The average Bonchev–Trinajstić information content (AvgIpc) is 1.62. The van der Waals surface area contributed by atoms with Gasteiger partial charge in [-0.2, -0.15) is 0 Å². The Morgan fingerprint density at radius 3 is 1.20 bits per heavy atom. The van der Waals surface area contributed by atoms with Gasteiger partial charge < -0.3 is 59.0 Å². The number of aromatic nitrogens is 20. The minimum absolute atomic E-state index is 0.00333. The molecule has 6 N–H and O–H groups in total. The van der Waals surface area contributed by atoms with E-state index in [-0.39, 0.29) is 59.3 Å². The van der Waals surface area contributed by atoms with Crippen LogP contribution in [0.4, 0.5) is 41.4 Å². The first-order valence-electron chi connectivity index (χ1n) is 46.5. The van der Waals surface area contributed by atoms with Crippen LogP contribution in [0.3, 0.4) is 0 Å². The van der Waals surface area contributed by atoms with E-state index < -0.39 is 0 Å². The summed E-state index contributed by atoms with van der Waals surface area (Å²) in [4.78, 5) is 64.3. The number of nitrogens with zero attached hydrogens (tertiary/aromatic N) is 20. The first kappa shape index (κ1) is 92.2. The van der Waals surface area contributed by atoms with Gasteiger partial charge in [-0.3, -0.25) is 0 Å². The SMILES string of the molecule is CCCNc1nccc(-c2c(-c3ccc(F)cc3)nc3n2C(Cn2ccc4cccc(Br)c42)CC3)n1.CCNc1nccc(-c2c(-c3ccc(F)cc3)nc3n2C(Cn2ccc4cccc(Br)c42)CC3)n1.Nc1nccc(-c2c(-c3ccc(F)cc3)nc3n2C(COc2cc(Cl)c4ccccc4n2)CC3)n1.Nc1nccc(-c2c(-c3ccc(F)cc3)nc3n2C(COc2cc(Cl)nc4ccccc24)CC3)n1. The van der Waals surface area contributed by atoms with Crippen LogP contribution in [-0.4, -0.2) is 123 Å². The molecule has 34 heteroatoms. The fourth-order valence-electron chi connectivity index (χ4n) is 19.3. The van der Waals surface area contributed by atoms with E-state index in [9.17, 15) is 17.6 Å². The van der Waals surface area contributed by atoms with Crippen LogP contribution in [0.2, 0.25) is 10.2 Å². The molecule has 4 aliphatic heterocycles. The lowest BCUT2D eigenvalue weighted by Crippen LogP contribution is -2.16. The third-order valence-electron chi connectivity index (χ3n) is 25.6. The summed E-state index contributed by atoms with van der Waals surface area (Å²) in [5, 5.41) is 11.7. The van der Waals surface area contributed by atoms with Gasteiger partial charge in [0.25, 0.3) is 0 Å². The van der Waals surface area contributed by atoms with Crippen molar-refractivity contribution in [2.75, 3.05) is 48.4 Å². The molecule has 16 heterocycles.